The summed E-state index contributed by atoms with van der Waals surface area (Å²) in [5.41, 5.74) is 1.19. The monoisotopic (exact) mass is 262 g/mol. The van der Waals surface area contributed by atoms with E-state index in [0.717, 1.165) is 18.8 Å². The van der Waals surface area contributed by atoms with E-state index >= 15 is 0 Å². The van der Waals surface area contributed by atoms with Gasteiger partial charge in [-0.15, -0.1) is 0 Å². The normalized spacial score (nSPS) is 19.9. The molecule has 105 valence electrons. The van der Waals surface area contributed by atoms with E-state index in [4.69, 9.17) is 9.47 Å². The number of rotatable bonds is 5. The van der Waals surface area contributed by atoms with Crippen LogP contribution in [0.25, 0.3) is 0 Å². The Hall–Kier alpha value is -1.06. The van der Waals surface area contributed by atoms with Crippen molar-refractivity contribution >= 4 is 0 Å². The molecule has 1 radical (unpaired) electrons. The summed E-state index contributed by atoms with van der Waals surface area (Å²) in [4.78, 5) is 2.40. The quantitative estimate of drug-likeness (QED) is 0.811. The minimum absolute atomic E-state index is 0.104. The first-order valence-electron chi connectivity index (χ1n) is 7.06. The lowest BCUT2D eigenvalue weighted by molar-refractivity contribution is -0.0874. The van der Waals surface area contributed by atoms with E-state index < -0.39 is 0 Å². The van der Waals surface area contributed by atoms with Crippen molar-refractivity contribution < 1.29 is 9.47 Å². The van der Waals surface area contributed by atoms with E-state index in [1.54, 1.807) is 7.11 Å². The molecular formula is C16H24NO2. The molecule has 2 unspecified atom stereocenters. The molecule has 1 fully saturated rings. The Balaban J connectivity index is 1.89. The number of ether oxygens (including phenoxy) is 2. The largest absolute Gasteiger partial charge is 0.497 e. The lowest BCUT2D eigenvalue weighted by Gasteiger charge is -2.33. The van der Waals surface area contributed by atoms with Gasteiger partial charge in [0.2, 0.25) is 0 Å². The maximum atomic E-state index is 6.12. The van der Waals surface area contributed by atoms with Gasteiger partial charge >= 0.3 is 0 Å². The zero-order valence-electron chi connectivity index (χ0n) is 12.1. The van der Waals surface area contributed by atoms with Crippen LogP contribution in [0, 0.1) is 6.42 Å². The van der Waals surface area contributed by atoms with Gasteiger partial charge in [-0.05, 0) is 50.8 Å². The standard InChI is InChI=1S/C16H24NO2/c1-13(15-7-9-16(18-3)10-8-15)19-14(2)17-11-5-4-6-12-17/h4,7-10,13-14H,5-6,11-12H2,1-3H3. The predicted molar refractivity (Wildman–Crippen MR) is 77.1 cm³/mol. The highest BCUT2D eigenvalue weighted by atomic mass is 16.5. The number of piperidine rings is 1. The summed E-state index contributed by atoms with van der Waals surface area (Å²) in [7, 11) is 1.68. The van der Waals surface area contributed by atoms with Crippen molar-refractivity contribution in [3.63, 3.8) is 0 Å². The highest BCUT2D eigenvalue weighted by molar-refractivity contribution is 5.28. The third-order valence-corrected chi connectivity index (χ3v) is 3.74. The van der Waals surface area contributed by atoms with Crippen molar-refractivity contribution in [2.75, 3.05) is 20.2 Å². The summed E-state index contributed by atoms with van der Waals surface area (Å²) in [5, 5.41) is 0. The Labute approximate surface area is 116 Å². The fraction of sp³-hybridized carbons (Fsp3) is 0.562. The Morgan fingerprint density at radius 1 is 1.05 bits per heavy atom. The Kier molecular flexibility index (Phi) is 5.23. The average Bonchev–Trinajstić information content (AvgIpc) is 2.48. The Bertz CT molecular complexity index is 371. The van der Waals surface area contributed by atoms with Crippen LogP contribution in [-0.4, -0.2) is 31.3 Å². The maximum absolute atomic E-state index is 6.12. The van der Waals surface area contributed by atoms with E-state index in [2.05, 4.69) is 37.3 Å². The van der Waals surface area contributed by atoms with Crippen molar-refractivity contribution in [3.05, 3.63) is 36.2 Å². The van der Waals surface area contributed by atoms with Gasteiger partial charge in [0, 0.05) is 13.1 Å². The highest BCUT2D eigenvalue weighted by Crippen LogP contribution is 2.23. The van der Waals surface area contributed by atoms with Gasteiger partial charge in [-0.25, -0.2) is 0 Å². The highest BCUT2D eigenvalue weighted by Gasteiger charge is 2.19. The zero-order valence-corrected chi connectivity index (χ0v) is 12.1. The molecule has 1 aromatic carbocycles. The summed E-state index contributed by atoms with van der Waals surface area (Å²) in [6.07, 6.45) is 4.98. The van der Waals surface area contributed by atoms with Gasteiger partial charge < -0.3 is 9.47 Å². The van der Waals surface area contributed by atoms with E-state index in [9.17, 15) is 0 Å². The van der Waals surface area contributed by atoms with Crippen molar-refractivity contribution in [1.82, 2.24) is 4.90 Å². The number of hydrogen-bond donors (Lipinski definition) is 0. The van der Waals surface area contributed by atoms with Crippen molar-refractivity contribution in [1.29, 1.82) is 0 Å². The van der Waals surface area contributed by atoms with Crippen molar-refractivity contribution in [2.45, 2.75) is 39.0 Å². The number of likely N-dealkylation sites (tertiary alicyclic amines) is 1. The van der Waals surface area contributed by atoms with E-state index in [1.807, 2.05) is 12.1 Å². The molecule has 1 aliphatic heterocycles. The molecule has 0 saturated carbocycles. The summed E-state index contributed by atoms with van der Waals surface area (Å²) in [6, 6.07) is 8.10. The van der Waals surface area contributed by atoms with Crippen molar-refractivity contribution in [2.24, 2.45) is 0 Å². The molecule has 1 aliphatic rings. The second-order valence-electron chi connectivity index (χ2n) is 5.05. The molecule has 0 N–H and O–H groups in total. The molecule has 1 heterocycles. The van der Waals surface area contributed by atoms with E-state index in [0.29, 0.717) is 0 Å². The number of methoxy groups -OCH3 is 1. The molecule has 19 heavy (non-hydrogen) atoms. The van der Waals surface area contributed by atoms with Gasteiger partial charge in [-0.2, -0.15) is 0 Å². The summed E-state index contributed by atoms with van der Waals surface area (Å²) >= 11 is 0. The van der Waals surface area contributed by atoms with Gasteiger partial charge in [0.25, 0.3) is 0 Å². The van der Waals surface area contributed by atoms with Crippen molar-refractivity contribution in [3.8, 4) is 5.75 Å². The minimum Gasteiger partial charge on any atom is -0.497 e. The summed E-state index contributed by atoms with van der Waals surface area (Å²) < 4.78 is 11.3. The molecule has 0 aromatic heterocycles. The first-order chi connectivity index (χ1) is 9.20. The number of hydrogen-bond acceptors (Lipinski definition) is 3. The van der Waals surface area contributed by atoms with Crippen LogP contribution in [0.2, 0.25) is 0 Å². The van der Waals surface area contributed by atoms with E-state index in [1.165, 1.54) is 18.4 Å². The van der Waals surface area contributed by atoms with Crippen LogP contribution in [-0.2, 0) is 4.74 Å². The molecular weight excluding hydrogens is 238 g/mol. The lowest BCUT2D eigenvalue weighted by atomic mass is 10.1. The molecule has 0 spiro atoms. The fourth-order valence-electron chi connectivity index (χ4n) is 2.47. The first-order valence-corrected chi connectivity index (χ1v) is 7.06. The molecule has 2 atom stereocenters. The molecule has 2 rings (SSSR count). The first kappa shape index (κ1) is 14.4. The lowest BCUT2D eigenvalue weighted by Crippen LogP contribution is -2.39. The zero-order chi connectivity index (χ0) is 13.7. The summed E-state index contributed by atoms with van der Waals surface area (Å²) in [5.74, 6) is 0.885. The van der Waals surface area contributed by atoms with Crippen LogP contribution < -0.4 is 4.74 Å². The van der Waals surface area contributed by atoms with Gasteiger partial charge in [-0.1, -0.05) is 12.1 Å². The third-order valence-electron chi connectivity index (χ3n) is 3.74. The van der Waals surface area contributed by atoms with Crippen LogP contribution in [0.3, 0.4) is 0 Å². The molecule has 3 nitrogen and oxygen atoms in total. The molecule has 0 bridgehead atoms. The second kappa shape index (κ2) is 6.92. The van der Waals surface area contributed by atoms with Gasteiger partial charge in [-0.3, -0.25) is 4.90 Å². The average molecular weight is 262 g/mol. The van der Waals surface area contributed by atoms with Gasteiger partial charge in [0.15, 0.2) is 0 Å². The van der Waals surface area contributed by atoms with E-state index in [-0.39, 0.29) is 12.3 Å². The maximum Gasteiger partial charge on any atom is 0.118 e. The van der Waals surface area contributed by atoms with Crippen LogP contribution in [0.4, 0.5) is 0 Å². The Morgan fingerprint density at radius 2 is 1.68 bits per heavy atom. The molecule has 0 amide bonds. The molecule has 1 aromatic rings. The number of benzene rings is 1. The number of nitrogens with zero attached hydrogens (tertiary/aromatic N) is 1. The topological polar surface area (TPSA) is 21.7 Å². The summed E-state index contributed by atoms with van der Waals surface area (Å²) in [6.45, 7) is 6.47. The minimum atomic E-state index is 0.104. The molecule has 3 heteroatoms. The molecule has 0 aliphatic carbocycles. The van der Waals surface area contributed by atoms with Gasteiger partial charge in [0.1, 0.15) is 12.0 Å². The van der Waals surface area contributed by atoms with Crippen LogP contribution >= 0.6 is 0 Å². The molecule has 1 saturated heterocycles. The van der Waals surface area contributed by atoms with Gasteiger partial charge in [0.05, 0.1) is 13.2 Å². The predicted octanol–water partition coefficient (Wildman–Crippen LogP) is 3.42. The van der Waals surface area contributed by atoms with Crippen LogP contribution in [0.5, 0.6) is 5.75 Å². The van der Waals surface area contributed by atoms with Crippen LogP contribution in [0.15, 0.2) is 24.3 Å². The fourth-order valence-corrected chi connectivity index (χ4v) is 2.47. The SMILES string of the molecule is COc1ccc(C(C)OC(C)N2CC[CH]CC2)cc1. The second-order valence-corrected chi connectivity index (χ2v) is 5.05. The Morgan fingerprint density at radius 3 is 2.26 bits per heavy atom. The third kappa shape index (κ3) is 3.95. The smallest absolute Gasteiger partial charge is 0.118 e. The van der Waals surface area contributed by atoms with Crippen LogP contribution in [0.1, 0.15) is 38.4 Å².